The zero-order valence-electron chi connectivity index (χ0n) is 17.5. The average Bonchev–Trinajstić information content (AvgIpc) is 3.21. The van der Waals surface area contributed by atoms with Crippen LogP contribution in [0.25, 0.3) is 11.3 Å². The fourth-order valence-electron chi connectivity index (χ4n) is 3.37. The predicted octanol–water partition coefficient (Wildman–Crippen LogP) is 4.45. The van der Waals surface area contributed by atoms with Crippen LogP contribution in [0.15, 0.2) is 65.1 Å². The zero-order valence-corrected chi connectivity index (χ0v) is 17.5. The smallest absolute Gasteiger partial charge is 0.220 e. The summed E-state index contributed by atoms with van der Waals surface area (Å²) in [5.41, 5.74) is 1.43. The van der Waals surface area contributed by atoms with Crippen LogP contribution < -0.4 is 10.1 Å². The normalized spacial score (nSPS) is 12.0. The van der Waals surface area contributed by atoms with Gasteiger partial charge in [0.15, 0.2) is 0 Å². The Balaban J connectivity index is 1.56. The first-order valence-corrected chi connectivity index (χ1v) is 9.89. The summed E-state index contributed by atoms with van der Waals surface area (Å²) < 4.78 is 25.1. The van der Waals surface area contributed by atoms with E-state index in [1.165, 1.54) is 6.07 Å². The van der Waals surface area contributed by atoms with E-state index in [-0.39, 0.29) is 24.2 Å². The van der Waals surface area contributed by atoms with Crippen molar-refractivity contribution in [3.8, 4) is 17.1 Å². The Kier molecular flexibility index (Phi) is 7.25. The molecule has 2 aromatic carbocycles. The van der Waals surface area contributed by atoms with Crippen molar-refractivity contribution in [3.05, 3.63) is 77.8 Å². The van der Waals surface area contributed by atoms with Crippen molar-refractivity contribution < 1.29 is 18.3 Å². The van der Waals surface area contributed by atoms with Gasteiger partial charge in [0, 0.05) is 24.9 Å². The molecule has 0 saturated heterocycles. The number of furan rings is 1. The van der Waals surface area contributed by atoms with Gasteiger partial charge in [-0.25, -0.2) is 4.39 Å². The second kappa shape index (κ2) is 10.1. The van der Waals surface area contributed by atoms with Crippen LogP contribution in [0.5, 0.6) is 5.75 Å². The van der Waals surface area contributed by atoms with E-state index in [1.54, 1.807) is 37.4 Å². The number of ether oxygens (including phenoxy) is 1. The van der Waals surface area contributed by atoms with Gasteiger partial charge in [-0.3, -0.25) is 4.79 Å². The minimum atomic E-state index is -0.331. The molecular formula is C24H27FN2O3. The van der Waals surface area contributed by atoms with Gasteiger partial charge in [-0.05, 0) is 44.4 Å². The molecule has 1 N–H and O–H groups in total. The molecule has 3 rings (SSSR count). The quantitative estimate of drug-likeness (QED) is 0.566. The van der Waals surface area contributed by atoms with Gasteiger partial charge < -0.3 is 19.4 Å². The van der Waals surface area contributed by atoms with Crippen molar-refractivity contribution in [2.45, 2.75) is 18.9 Å². The lowest BCUT2D eigenvalue weighted by Crippen LogP contribution is -2.34. The molecule has 30 heavy (non-hydrogen) atoms. The molecule has 1 atom stereocenters. The number of methoxy groups -OCH3 is 1. The van der Waals surface area contributed by atoms with E-state index in [4.69, 9.17) is 9.15 Å². The van der Waals surface area contributed by atoms with Crippen molar-refractivity contribution >= 4 is 5.91 Å². The number of amides is 1. The Bertz CT molecular complexity index is 984. The molecule has 1 heterocycles. The number of hydrogen-bond donors (Lipinski definition) is 1. The van der Waals surface area contributed by atoms with Crippen LogP contribution in [-0.4, -0.2) is 38.6 Å². The largest absolute Gasteiger partial charge is 0.496 e. The molecule has 0 spiro atoms. The molecule has 0 aliphatic rings. The van der Waals surface area contributed by atoms with Crippen molar-refractivity contribution in [2.24, 2.45) is 0 Å². The maximum absolute atomic E-state index is 13.9. The van der Waals surface area contributed by atoms with Crippen LogP contribution in [0.2, 0.25) is 0 Å². The summed E-state index contributed by atoms with van der Waals surface area (Å²) in [6.45, 7) is 0.463. The molecule has 158 valence electrons. The molecule has 1 unspecified atom stereocenters. The Morgan fingerprint density at radius 3 is 2.57 bits per heavy atom. The molecule has 3 aromatic rings. The third-order valence-corrected chi connectivity index (χ3v) is 5.01. The highest BCUT2D eigenvalue weighted by Crippen LogP contribution is 2.28. The van der Waals surface area contributed by atoms with Crippen molar-refractivity contribution in [2.75, 3.05) is 27.7 Å². The molecule has 0 bridgehead atoms. The summed E-state index contributed by atoms with van der Waals surface area (Å²) in [5, 5.41) is 2.99. The van der Waals surface area contributed by atoms with Crippen molar-refractivity contribution in [1.29, 1.82) is 0 Å². The molecule has 0 saturated carbocycles. The van der Waals surface area contributed by atoms with Crippen LogP contribution in [0.4, 0.5) is 4.39 Å². The van der Waals surface area contributed by atoms with Gasteiger partial charge in [0.1, 0.15) is 23.1 Å². The topological polar surface area (TPSA) is 54.7 Å². The van der Waals surface area contributed by atoms with E-state index in [9.17, 15) is 9.18 Å². The Hall–Kier alpha value is -3.12. The van der Waals surface area contributed by atoms with Crippen molar-refractivity contribution in [1.82, 2.24) is 10.2 Å². The fraction of sp³-hybridized carbons (Fsp3) is 0.292. The monoisotopic (exact) mass is 410 g/mol. The van der Waals surface area contributed by atoms with Crippen molar-refractivity contribution in [3.63, 3.8) is 0 Å². The molecule has 0 aliphatic carbocycles. The fourth-order valence-corrected chi connectivity index (χ4v) is 3.37. The van der Waals surface area contributed by atoms with Crippen LogP contribution in [0.1, 0.15) is 23.8 Å². The molecule has 0 fully saturated rings. The highest BCUT2D eigenvalue weighted by Gasteiger charge is 2.19. The number of hydrogen-bond acceptors (Lipinski definition) is 4. The summed E-state index contributed by atoms with van der Waals surface area (Å²) >= 11 is 0. The summed E-state index contributed by atoms with van der Waals surface area (Å²) in [7, 11) is 5.58. The average molecular weight is 410 g/mol. The van der Waals surface area contributed by atoms with Gasteiger partial charge in [-0.2, -0.15) is 0 Å². The number of nitrogens with one attached hydrogen (secondary N) is 1. The zero-order chi connectivity index (χ0) is 21.5. The Labute approximate surface area is 176 Å². The molecule has 0 aliphatic heterocycles. The van der Waals surface area contributed by atoms with E-state index < -0.39 is 0 Å². The second-order valence-electron chi connectivity index (χ2n) is 7.27. The summed E-state index contributed by atoms with van der Waals surface area (Å²) in [6.07, 6.45) is 0.734. The lowest BCUT2D eigenvalue weighted by Gasteiger charge is -2.26. The molecule has 0 radical (unpaired) electrons. The maximum Gasteiger partial charge on any atom is 0.220 e. The number of carbonyl (C=O) groups is 1. The number of benzene rings is 2. The number of aryl methyl sites for hydroxylation is 1. The molecule has 1 aromatic heterocycles. The first kappa shape index (κ1) is 21.6. The van der Waals surface area contributed by atoms with Crippen LogP contribution in [0.3, 0.4) is 0 Å². The SMILES string of the molecule is COc1ccccc1C(CNC(=O)CCc1ccc(-c2ccccc2F)o1)N(C)C. The standard InChI is InChI=1S/C24H27FN2O3/c1-27(2)21(19-9-5-7-11-22(19)29-3)16-26-24(28)15-13-17-12-14-23(30-17)18-8-4-6-10-20(18)25/h4-12,14,21H,13,15-16H2,1-3H3,(H,26,28). The van der Waals surface area contributed by atoms with E-state index in [2.05, 4.69) is 5.32 Å². The molecular weight excluding hydrogens is 383 g/mol. The highest BCUT2D eigenvalue weighted by atomic mass is 19.1. The third-order valence-electron chi connectivity index (χ3n) is 5.01. The number of halogens is 1. The minimum absolute atomic E-state index is 0.0126. The first-order chi connectivity index (χ1) is 14.5. The third kappa shape index (κ3) is 5.27. The summed E-state index contributed by atoms with van der Waals surface area (Å²) in [4.78, 5) is 14.4. The van der Waals surface area contributed by atoms with E-state index >= 15 is 0 Å². The minimum Gasteiger partial charge on any atom is -0.496 e. The molecule has 6 heteroatoms. The van der Waals surface area contributed by atoms with Crippen LogP contribution >= 0.6 is 0 Å². The van der Waals surface area contributed by atoms with Gasteiger partial charge in [0.25, 0.3) is 0 Å². The van der Waals surface area contributed by atoms with Gasteiger partial charge in [-0.15, -0.1) is 0 Å². The number of rotatable bonds is 9. The van der Waals surface area contributed by atoms with E-state index in [0.29, 0.717) is 30.0 Å². The lowest BCUT2D eigenvalue weighted by atomic mass is 10.0. The maximum atomic E-state index is 13.9. The summed E-state index contributed by atoms with van der Waals surface area (Å²) in [5.74, 6) is 1.51. The number of para-hydroxylation sites is 1. The van der Waals surface area contributed by atoms with Gasteiger partial charge in [-0.1, -0.05) is 30.3 Å². The highest BCUT2D eigenvalue weighted by molar-refractivity contribution is 5.76. The van der Waals surface area contributed by atoms with E-state index in [0.717, 1.165) is 11.3 Å². The first-order valence-electron chi connectivity index (χ1n) is 9.89. The molecule has 1 amide bonds. The van der Waals surface area contributed by atoms with Crippen LogP contribution in [0, 0.1) is 5.82 Å². The van der Waals surface area contributed by atoms with Gasteiger partial charge in [0.05, 0.1) is 18.7 Å². The Morgan fingerprint density at radius 2 is 1.83 bits per heavy atom. The number of carbonyl (C=O) groups excluding carboxylic acids is 1. The number of likely N-dealkylation sites (N-methyl/N-ethyl adjacent to an activating group) is 1. The second-order valence-corrected chi connectivity index (χ2v) is 7.27. The number of nitrogens with zero attached hydrogens (tertiary/aromatic N) is 1. The predicted molar refractivity (Wildman–Crippen MR) is 115 cm³/mol. The Morgan fingerprint density at radius 1 is 1.10 bits per heavy atom. The van der Waals surface area contributed by atoms with E-state index in [1.807, 2.05) is 43.3 Å². The van der Waals surface area contributed by atoms with Gasteiger partial charge in [0.2, 0.25) is 5.91 Å². The molecule has 5 nitrogen and oxygen atoms in total. The summed E-state index contributed by atoms with van der Waals surface area (Å²) in [6, 6.07) is 17.8. The lowest BCUT2D eigenvalue weighted by molar-refractivity contribution is -0.121. The van der Waals surface area contributed by atoms with Gasteiger partial charge >= 0.3 is 0 Å². The van der Waals surface area contributed by atoms with Crippen LogP contribution in [-0.2, 0) is 11.2 Å².